The van der Waals surface area contributed by atoms with E-state index in [9.17, 15) is 0 Å². The van der Waals surface area contributed by atoms with Gasteiger partial charge in [0.2, 0.25) is 0 Å². The van der Waals surface area contributed by atoms with Crippen LogP contribution >= 0.6 is 11.3 Å². The molecule has 0 aliphatic heterocycles. The van der Waals surface area contributed by atoms with E-state index in [4.69, 9.17) is 5.73 Å². The van der Waals surface area contributed by atoms with Gasteiger partial charge in [-0.05, 0) is 26.0 Å². The van der Waals surface area contributed by atoms with Gasteiger partial charge in [0.05, 0.1) is 28.1 Å². The normalized spacial score (nSPS) is 12.9. The summed E-state index contributed by atoms with van der Waals surface area (Å²) in [5.41, 5.74) is 9.53. The number of hydrogen-bond acceptors (Lipinski definition) is 4. The van der Waals surface area contributed by atoms with Crippen molar-refractivity contribution in [1.29, 1.82) is 0 Å². The Bertz CT molecular complexity index is 709. The van der Waals surface area contributed by atoms with E-state index in [2.05, 4.69) is 27.5 Å². The number of fused-ring (bicyclic) bond motifs is 1. The Morgan fingerprint density at radius 1 is 1.30 bits per heavy atom. The number of benzene rings is 1. The lowest BCUT2D eigenvalue weighted by Gasteiger charge is -2.11. The zero-order chi connectivity index (χ0) is 14.1. The Labute approximate surface area is 122 Å². The molecule has 0 saturated heterocycles. The van der Waals surface area contributed by atoms with Gasteiger partial charge in [-0.3, -0.25) is 0 Å². The number of aryl methyl sites for hydroxylation is 2. The standard InChI is InChI=1S/C15H18N4S/c1-10-11(2)20-15(18-10)7-12(16)8-19-9-17-13-5-3-4-6-14(13)19/h3-6,9,12H,7-8,16H2,1-2H3. The first-order valence-electron chi connectivity index (χ1n) is 6.72. The van der Waals surface area contributed by atoms with Gasteiger partial charge in [-0.25, -0.2) is 9.97 Å². The van der Waals surface area contributed by atoms with E-state index in [1.54, 1.807) is 11.3 Å². The van der Waals surface area contributed by atoms with E-state index >= 15 is 0 Å². The van der Waals surface area contributed by atoms with Crippen molar-refractivity contribution in [3.05, 3.63) is 46.2 Å². The summed E-state index contributed by atoms with van der Waals surface area (Å²) in [5.74, 6) is 0. The molecule has 104 valence electrons. The summed E-state index contributed by atoms with van der Waals surface area (Å²) in [7, 11) is 0. The molecule has 5 heteroatoms. The maximum Gasteiger partial charge on any atom is 0.0958 e. The number of nitrogens with two attached hydrogens (primary N) is 1. The number of aromatic nitrogens is 3. The van der Waals surface area contributed by atoms with Gasteiger partial charge in [0.25, 0.3) is 0 Å². The zero-order valence-electron chi connectivity index (χ0n) is 11.7. The number of thiazole rings is 1. The summed E-state index contributed by atoms with van der Waals surface area (Å²) in [6, 6.07) is 8.18. The molecule has 2 N–H and O–H groups in total. The molecule has 1 atom stereocenters. The SMILES string of the molecule is Cc1nc(CC(N)Cn2cnc3ccccc32)sc1C. The molecular formula is C15H18N4S. The van der Waals surface area contributed by atoms with Crippen molar-refractivity contribution >= 4 is 22.4 Å². The molecule has 1 unspecified atom stereocenters. The fraction of sp³-hybridized carbons (Fsp3) is 0.333. The van der Waals surface area contributed by atoms with E-state index in [-0.39, 0.29) is 6.04 Å². The fourth-order valence-corrected chi connectivity index (χ4v) is 3.35. The Hall–Kier alpha value is -1.72. The van der Waals surface area contributed by atoms with Gasteiger partial charge in [-0.15, -0.1) is 11.3 Å². The maximum atomic E-state index is 6.27. The molecule has 1 aromatic carbocycles. The minimum Gasteiger partial charge on any atom is -0.329 e. The lowest BCUT2D eigenvalue weighted by molar-refractivity contribution is 0.558. The van der Waals surface area contributed by atoms with Crippen molar-refractivity contribution in [2.45, 2.75) is 32.9 Å². The maximum absolute atomic E-state index is 6.27. The topological polar surface area (TPSA) is 56.7 Å². The first-order chi connectivity index (χ1) is 9.63. The molecule has 0 saturated carbocycles. The van der Waals surface area contributed by atoms with Crippen molar-refractivity contribution in [1.82, 2.24) is 14.5 Å². The molecule has 0 radical (unpaired) electrons. The third-order valence-electron chi connectivity index (χ3n) is 3.47. The summed E-state index contributed by atoms with van der Waals surface area (Å²) in [5, 5.41) is 1.12. The summed E-state index contributed by atoms with van der Waals surface area (Å²) in [6.07, 6.45) is 2.68. The molecule has 3 aromatic rings. The van der Waals surface area contributed by atoms with Crippen LogP contribution in [0.15, 0.2) is 30.6 Å². The lowest BCUT2D eigenvalue weighted by atomic mass is 10.2. The van der Waals surface area contributed by atoms with Crippen LogP contribution in [0.3, 0.4) is 0 Å². The van der Waals surface area contributed by atoms with Crippen molar-refractivity contribution in [3.63, 3.8) is 0 Å². The molecule has 3 rings (SSSR count). The first kappa shape index (κ1) is 13.3. The molecule has 2 aromatic heterocycles. The van der Waals surface area contributed by atoms with Gasteiger partial charge < -0.3 is 10.3 Å². The molecule has 0 fully saturated rings. The number of hydrogen-bond donors (Lipinski definition) is 1. The van der Waals surface area contributed by atoms with E-state index in [1.165, 1.54) is 4.88 Å². The van der Waals surface area contributed by atoms with E-state index < -0.39 is 0 Å². The summed E-state index contributed by atoms with van der Waals surface area (Å²) in [4.78, 5) is 10.2. The second-order valence-corrected chi connectivity index (χ2v) is 6.39. The van der Waals surface area contributed by atoms with Gasteiger partial charge >= 0.3 is 0 Å². The van der Waals surface area contributed by atoms with Gasteiger partial charge in [0.1, 0.15) is 0 Å². The zero-order valence-corrected chi connectivity index (χ0v) is 12.5. The van der Waals surface area contributed by atoms with Crippen molar-refractivity contribution in [2.75, 3.05) is 0 Å². The first-order valence-corrected chi connectivity index (χ1v) is 7.53. The van der Waals surface area contributed by atoms with E-state index in [1.807, 2.05) is 31.5 Å². The number of imidazole rings is 1. The molecular weight excluding hydrogens is 268 g/mol. The summed E-state index contributed by atoms with van der Waals surface area (Å²) >= 11 is 1.74. The van der Waals surface area contributed by atoms with Crippen molar-refractivity contribution in [3.8, 4) is 0 Å². The molecule has 0 aliphatic carbocycles. The van der Waals surface area contributed by atoms with E-state index in [0.717, 1.165) is 34.7 Å². The summed E-state index contributed by atoms with van der Waals surface area (Å²) in [6.45, 7) is 4.91. The van der Waals surface area contributed by atoms with Crippen LogP contribution in [0.25, 0.3) is 11.0 Å². The van der Waals surface area contributed by atoms with E-state index in [0.29, 0.717) is 0 Å². The van der Waals surface area contributed by atoms with Gasteiger partial charge in [0, 0.05) is 23.9 Å². The van der Waals surface area contributed by atoms with Crippen LogP contribution in [0.1, 0.15) is 15.6 Å². The highest BCUT2D eigenvalue weighted by Crippen LogP contribution is 2.18. The van der Waals surface area contributed by atoms with Crippen LogP contribution in [0.5, 0.6) is 0 Å². The second-order valence-electron chi connectivity index (χ2n) is 5.10. The highest BCUT2D eigenvalue weighted by Gasteiger charge is 2.11. The largest absolute Gasteiger partial charge is 0.329 e. The quantitative estimate of drug-likeness (QED) is 0.802. The van der Waals surface area contributed by atoms with Crippen LogP contribution < -0.4 is 5.73 Å². The number of para-hydroxylation sites is 2. The van der Waals surface area contributed by atoms with Crippen LogP contribution in [-0.4, -0.2) is 20.6 Å². The Kier molecular flexibility index (Phi) is 3.54. The predicted molar refractivity (Wildman–Crippen MR) is 83.0 cm³/mol. The molecule has 2 heterocycles. The highest BCUT2D eigenvalue weighted by molar-refractivity contribution is 7.11. The van der Waals surface area contributed by atoms with Crippen molar-refractivity contribution < 1.29 is 0 Å². The average molecular weight is 286 g/mol. The van der Waals surface area contributed by atoms with Gasteiger partial charge in [-0.1, -0.05) is 12.1 Å². The molecule has 4 nitrogen and oxygen atoms in total. The predicted octanol–water partition coefficient (Wildman–Crippen LogP) is 2.68. The number of nitrogens with zero attached hydrogens (tertiary/aromatic N) is 3. The highest BCUT2D eigenvalue weighted by atomic mass is 32.1. The number of rotatable bonds is 4. The fourth-order valence-electron chi connectivity index (χ4n) is 2.32. The minimum atomic E-state index is 0.0533. The summed E-state index contributed by atoms with van der Waals surface area (Å²) < 4.78 is 2.12. The third kappa shape index (κ3) is 2.59. The van der Waals surface area contributed by atoms with Crippen LogP contribution in [0.2, 0.25) is 0 Å². The lowest BCUT2D eigenvalue weighted by Crippen LogP contribution is -2.28. The third-order valence-corrected chi connectivity index (χ3v) is 4.56. The minimum absolute atomic E-state index is 0.0533. The second kappa shape index (κ2) is 5.34. The Morgan fingerprint density at radius 3 is 2.85 bits per heavy atom. The monoisotopic (exact) mass is 286 g/mol. The van der Waals surface area contributed by atoms with Crippen molar-refractivity contribution in [2.24, 2.45) is 5.73 Å². The smallest absolute Gasteiger partial charge is 0.0958 e. The molecule has 0 spiro atoms. The van der Waals surface area contributed by atoms with Gasteiger partial charge in [0.15, 0.2) is 0 Å². The van der Waals surface area contributed by atoms with Gasteiger partial charge in [-0.2, -0.15) is 0 Å². The molecule has 0 bridgehead atoms. The Morgan fingerprint density at radius 2 is 2.10 bits per heavy atom. The Balaban J connectivity index is 1.74. The molecule has 20 heavy (non-hydrogen) atoms. The average Bonchev–Trinajstić information content (AvgIpc) is 2.95. The van der Waals surface area contributed by atoms with Crippen LogP contribution in [0, 0.1) is 13.8 Å². The molecule has 0 aliphatic rings. The molecule has 0 amide bonds. The van der Waals surface area contributed by atoms with Crippen LogP contribution in [0.4, 0.5) is 0 Å². The van der Waals surface area contributed by atoms with Crippen LogP contribution in [-0.2, 0) is 13.0 Å².